The number of rotatable bonds is 7. The van der Waals surface area contributed by atoms with Gasteiger partial charge in [-0.3, -0.25) is 9.36 Å². The van der Waals surface area contributed by atoms with Gasteiger partial charge in [0.05, 0.1) is 5.75 Å². The number of amides is 1. The monoisotopic (exact) mass is 403 g/mol. The van der Waals surface area contributed by atoms with E-state index in [0.29, 0.717) is 11.7 Å². The number of benzene rings is 2. The second kappa shape index (κ2) is 8.36. The largest absolute Gasteiger partial charge is 0.360 e. The van der Waals surface area contributed by atoms with Crippen LogP contribution in [0.15, 0.2) is 72.5 Å². The van der Waals surface area contributed by atoms with Crippen molar-refractivity contribution in [1.29, 1.82) is 0 Å². The molecule has 0 fully saturated rings. The normalized spacial score (nSPS) is 10.9. The summed E-state index contributed by atoms with van der Waals surface area (Å²) in [5.41, 5.74) is 4.11. The molecule has 29 heavy (non-hydrogen) atoms. The van der Waals surface area contributed by atoms with Gasteiger partial charge in [-0.15, -0.1) is 16.8 Å². The number of carbonyl (C=O) groups excluding carboxylic acids is 1. The summed E-state index contributed by atoms with van der Waals surface area (Å²) in [6.07, 6.45) is 3.61. The van der Waals surface area contributed by atoms with Crippen molar-refractivity contribution in [3.63, 3.8) is 0 Å². The number of para-hydroxylation sites is 1. The standard InChI is InChI=1S/C22H21N5OS/c1-3-11-23-20(28)14-29-22-26-25-21(27(22)16-8-6-7-15(2)12-16)18-13-24-19-10-5-4-9-17(18)19/h3-10,12-13,24H,1,11,14H2,2H3,(H,23,28). The van der Waals surface area contributed by atoms with Crippen LogP contribution in [0.3, 0.4) is 0 Å². The van der Waals surface area contributed by atoms with E-state index < -0.39 is 0 Å². The van der Waals surface area contributed by atoms with E-state index in [-0.39, 0.29) is 11.7 Å². The Balaban J connectivity index is 1.77. The topological polar surface area (TPSA) is 75.6 Å². The minimum atomic E-state index is -0.0673. The fourth-order valence-corrected chi connectivity index (χ4v) is 3.94. The zero-order chi connectivity index (χ0) is 20.2. The van der Waals surface area contributed by atoms with Gasteiger partial charge in [-0.25, -0.2) is 0 Å². The Kier molecular flexibility index (Phi) is 5.48. The van der Waals surface area contributed by atoms with Gasteiger partial charge in [0.25, 0.3) is 0 Å². The number of fused-ring (bicyclic) bond motifs is 1. The van der Waals surface area contributed by atoms with Crippen LogP contribution in [-0.2, 0) is 4.79 Å². The Morgan fingerprint density at radius 1 is 1.24 bits per heavy atom. The molecule has 0 saturated heterocycles. The predicted molar refractivity (Wildman–Crippen MR) is 117 cm³/mol. The van der Waals surface area contributed by atoms with Gasteiger partial charge in [0, 0.05) is 34.9 Å². The minimum absolute atomic E-state index is 0.0673. The fraction of sp³-hybridized carbons (Fsp3) is 0.136. The molecule has 0 unspecified atom stereocenters. The molecule has 2 aromatic heterocycles. The van der Waals surface area contributed by atoms with Crippen molar-refractivity contribution < 1.29 is 4.79 Å². The molecule has 7 heteroatoms. The number of nitrogens with one attached hydrogen (secondary N) is 2. The molecule has 0 aliphatic rings. The fourth-order valence-electron chi connectivity index (χ4n) is 3.16. The first-order valence-corrected chi connectivity index (χ1v) is 10.3. The van der Waals surface area contributed by atoms with Gasteiger partial charge in [0.1, 0.15) is 0 Å². The SMILES string of the molecule is C=CCNC(=O)CSc1nnc(-c2c[nH]c3ccccc23)n1-c1cccc(C)c1. The average Bonchev–Trinajstić information content (AvgIpc) is 3.34. The van der Waals surface area contributed by atoms with E-state index >= 15 is 0 Å². The molecule has 2 aromatic carbocycles. The number of H-pyrrole nitrogens is 1. The van der Waals surface area contributed by atoms with Crippen molar-refractivity contribution in [2.45, 2.75) is 12.1 Å². The summed E-state index contributed by atoms with van der Waals surface area (Å²) < 4.78 is 2.01. The minimum Gasteiger partial charge on any atom is -0.360 e. The van der Waals surface area contributed by atoms with Gasteiger partial charge in [0.2, 0.25) is 5.91 Å². The van der Waals surface area contributed by atoms with Crippen molar-refractivity contribution in [3.8, 4) is 17.1 Å². The third kappa shape index (κ3) is 3.95. The predicted octanol–water partition coefficient (Wildman–Crippen LogP) is 4.12. The summed E-state index contributed by atoms with van der Waals surface area (Å²) in [5, 5.41) is 13.4. The zero-order valence-electron chi connectivity index (χ0n) is 16.1. The Hall–Kier alpha value is -3.32. The second-order valence-electron chi connectivity index (χ2n) is 6.61. The highest BCUT2D eigenvalue weighted by molar-refractivity contribution is 7.99. The van der Waals surface area contributed by atoms with Gasteiger partial charge in [-0.05, 0) is 30.7 Å². The molecule has 0 aliphatic carbocycles. The Morgan fingerprint density at radius 2 is 2.10 bits per heavy atom. The van der Waals surface area contributed by atoms with Crippen molar-refractivity contribution in [3.05, 3.63) is 72.9 Å². The molecule has 0 bridgehead atoms. The van der Waals surface area contributed by atoms with Crippen molar-refractivity contribution in [1.82, 2.24) is 25.1 Å². The van der Waals surface area contributed by atoms with Crippen molar-refractivity contribution >= 4 is 28.6 Å². The maximum atomic E-state index is 12.0. The average molecular weight is 404 g/mol. The first-order valence-electron chi connectivity index (χ1n) is 9.26. The van der Waals surface area contributed by atoms with E-state index in [1.165, 1.54) is 11.8 Å². The Labute approximate surface area is 173 Å². The number of aromatic amines is 1. The van der Waals surface area contributed by atoms with Crippen molar-refractivity contribution in [2.75, 3.05) is 12.3 Å². The smallest absolute Gasteiger partial charge is 0.230 e. The van der Waals surface area contributed by atoms with Gasteiger partial charge >= 0.3 is 0 Å². The Morgan fingerprint density at radius 3 is 2.93 bits per heavy atom. The summed E-state index contributed by atoms with van der Waals surface area (Å²) in [6, 6.07) is 16.3. The molecule has 1 amide bonds. The molecule has 2 heterocycles. The van der Waals surface area contributed by atoms with E-state index in [4.69, 9.17) is 0 Å². The second-order valence-corrected chi connectivity index (χ2v) is 7.55. The number of hydrogen-bond acceptors (Lipinski definition) is 4. The summed E-state index contributed by atoms with van der Waals surface area (Å²) in [4.78, 5) is 15.3. The van der Waals surface area contributed by atoms with Crippen LogP contribution in [-0.4, -0.2) is 38.0 Å². The number of hydrogen-bond donors (Lipinski definition) is 2. The van der Waals surface area contributed by atoms with E-state index in [9.17, 15) is 4.79 Å². The molecular formula is C22H21N5OS. The summed E-state index contributed by atoms with van der Waals surface area (Å²) in [5.74, 6) is 0.926. The molecule has 2 N–H and O–H groups in total. The number of thioether (sulfide) groups is 1. The van der Waals surface area contributed by atoms with E-state index in [1.807, 2.05) is 41.1 Å². The lowest BCUT2D eigenvalue weighted by Crippen LogP contribution is -2.25. The third-order valence-electron chi connectivity index (χ3n) is 4.50. The summed E-state index contributed by atoms with van der Waals surface area (Å²) in [7, 11) is 0. The van der Waals surface area contributed by atoms with Crippen LogP contribution in [0.4, 0.5) is 0 Å². The lowest BCUT2D eigenvalue weighted by molar-refractivity contribution is -0.118. The molecule has 0 aliphatic heterocycles. The first kappa shape index (κ1) is 19.0. The maximum absolute atomic E-state index is 12.0. The molecule has 146 valence electrons. The molecular weight excluding hydrogens is 382 g/mol. The lowest BCUT2D eigenvalue weighted by atomic mass is 10.1. The lowest BCUT2D eigenvalue weighted by Gasteiger charge is -2.11. The maximum Gasteiger partial charge on any atom is 0.230 e. The van der Waals surface area contributed by atoms with E-state index in [0.717, 1.165) is 33.5 Å². The van der Waals surface area contributed by atoms with Crippen molar-refractivity contribution in [2.24, 2.45) is 0 Å². The van der Waals surface area contributed by atoms with Crippen LogP contribution >= 0.6 is 11.8 Å². The molecule has 0 radical (unpaired) electrons. The van der Waals surface area contributed by atoms with Crippen LogP contribution < -0.4 is 5.32 Å². The molecule has 0 spiro atoms. The quantitative estimate of drug-likeness (QED) is 0.360. The molecule has 0 saturated carbocycles. The summed E-state index contributed by atoms with van der Waals surface area (Å²) >= 11 is 1.36. The highest BCUT2D eigenvalue weighted by atomic mass is 32.2. The van der Waals surface area contributed by atoms with Gasteiger partial charge < -0.3 is 10.3 Å². The third-order valence-corrected chi connectivity index (χ3v) is 5.43. The molecule has 4 aromatic rings. The summed E-state index contributed by atoms with van der Waals surface area (Å²) in [6.45, 7) is 6.12. The molecule has 6 nitrogen and oxygen atoms in total. The Bertz CT molecular complexity index is 1180. The van der Waals surface area contributed by atoms with Gasteiger partial charge in [-0.1, -0.05) is 48.2 Å². The highest BCUT2D eigenvalue weighted by Crippen LogP contribution is 2.32. The highest BCUT2D eigenvalue weighted by Gasteiger charge is 2.19. The van der Waals surface area contributed by atoms with Gasteiger partial charge in [0.15, 0.2) is 11.0 Å². The van der Waals surface area contributed by atoms with E-state index in [1.54, 1.807) is 6.08 Å². The van der Waals surface area contributed by atoms with Crippen LogP contribution in [0.5, 0.6) is 0 Å². The van der Waals surface area contributed by atoms with E-state index in [2.05, 4.69) is 52.2 Å². The number of nitrogens with zero attached hydrogens (tertiary/aromatic N) is 3. The van der Waals surface area contributed by atoms with Crippen LogP contribution in [0.1, 0.15) is 5.56 Å². The van der Waals surface area contributed by atoms with Crippen LogP contribution in [0.25, 0.3) is 28.0 Å². The van der Waals surface area contributed by atoms with Gasteiger partial charge in [-0.2, -0.15) is 0 Å². The van der Waals surface area contributed by atoms with Crippen LogP contribution in [0.2, 0.25) is 0 Å². The number of aromatic nitrogens is 4. The molecule has 0 atom stereocenters. The number of aryl methyl sites for hydroxylation is 1. The number of carbonyl (C=O) groups is 1. The zero-order valence-corrected chi connectivity index (χ0v) is 16.9. The van der Waals surface area contributed by atoms with Crippen LogP contribution in [0, 0.1) is 6.92 Å². The first-order chi connectivity index (χ1) is 14.2. The molecule has 4 rings (SSSR count).